The zero-order chi connectivity index (χ0) is 17.4. The number of urea groups is 1. The van der Waals surface area contributed by atoms with E-state index in [0.29, 0.717) is 11.3 Å². The van der Waals surface area contributed by atoms with Gasteiger partial charge in [-0.15, -0.1) is 0 Å². The molecule has 0 heterocycles. The van der Waals surface area contributed by atoms with E-state index in [1.807, 2.05) is 25.9 Å². The van der Waals surface area contributed by atoms with E-state index in [4.69, 9.17) is 0 Å². The quantitative estimate of drug-likeness (QED) is 0.739. The Morgan fingerprint density at radius 2 is 2.00 bits per heavy atom. The fourth-order valence-electron chi connectivity index (χ4n) is 3.18. The minimum absolute atomic E-state index is 0.00953. The number of hydrogen-bond donors (Lipinski definition) is 2. The molecule has 2 atom stereocenters. The SMILES string of the molecule is CSC1CCCC(NC(=O)NCCCc2ccc(N(C)C)cc2)C1. The van der Waals surface area contributed by atoms with E-state index in [9.17, 15) is 4.79 Å². The number of benzene rings is 1. The third-order valence-electron chi connectivity index (χ3n) is 4.68. The second-order valence-electron chi connectivity index (χ2n) is 6.79. The van der Waals surface area contributed by atoms with Crippen LogP contribution in [0.1, 0.15) is 37.7 Å². The molecule has 1 aliphatic rings. The molecule has 0 bridgehead atoms. The number of amides is 2. The van der Waals surface area contributed by atoms with Crippen molar-refractivity contribution in [3.05, 3.63) is 29.8 Å². The van der Waals surface area contributed by atoms with Crippen LogP contribution in [0.2, 0.25) is 0 Å². The summed E-state index contributed by atoms with van der Waals surface area (Å²) in [6.45, 7) is 0.722. The van der Waals surface area contributed by atoms with Crippen LogP contribution in [-0.2, 0) is 6.42 Å². The zero-order valence-electron chi connectivity index (χ0n) is 15.2. The maximum Gasteiger partial charge on any atom is 0.315 e. The van der Waals surface area contributed by atoms with Crippen molar-refractivity contribution < 1.29 is 4.79 Å². The molecular weight excluding hydrogens is 318 g/mol. The molecule has 2 amide bonds. The lowest BCUT2D eigenvalue weighted by atomic mass is 9.95. The highest BCUT2D eigenvalue weighted by Crippen LogP contribution is 2.26. The van der Waals surface area contributed by atoms with Crippen LogP contribution in [0.4, 0.5) is 10.5 Å². The van der Waals surface area contributed by atoms with Crippen molar-refractivity contribution in [3.8, 4) is 0 Å². The molecule has 134 valence electrons. The van der Waals surface area contributed by atoms with Crippen LogP contribution in [-0.4, -0.2) is 44.2 Å². The standard InChI is InChI=1S/C19H31N3OS/c1-22(2)17-11-9-15(10-12-17)6-5-13-20-19(23)21-16-7-4-8-18(14-16)24-3/h9-12,16,18H,4-8,13-14H2,1-3H3,(H2,20,21,23). The Morgan fingerprint density at radius 3 is 2.67 bits per heavy atom. The van der Waals surface area contributed by atoms with Gasteiger partial charge in [-0.2, -0.15) is 11.8 Å². The summed E-state index contributed by atoms with van der Waals surface area (Å²) in [4.78, 5) is 14.1. The first kappa shape index (κ1) is 19.0. The maximum absolute atomic E-state index is 12.0. The molecule has 0 aliphatic heterocycles. The van der Waals surface area contributed by atoms with Crippen LogP contribution >= 0.6 is 11.8 Å². The van der Waals surface area contributed by atoms with E-state index >= 15 is 0 Å². The molecule has 1 aliphatic carbocycles. The first-order chi connectivity index (χ1) is 11.6. The molecule has 1 fully saturated rings. The van der Waals surface area contributed by atoms with Crippen LogP contribution in [0.3, 0.4) is 0 Å². The van der Waals surface area contributed by atoms with Crippen molar-refractivity contribution in [2.24, 2.45) is 0 Å². The average Bonchev–Trinajstić information content (AvgIpc) is 2.59. The van der Waals surface area contributed by atoms with E-state index in [1.165, 1.54) is 24.1 Å². The first-order valence-corrected chi connectivity index (χ1v) is 10.2. The largest absolute Gasteiger partial charge is 0.378 e. The molecule has 0 saturated heterocycles. The number of nitrogens with zero attached hydrogens (tertiary/aromatic N) is 1. The predicted molar refractivity (Wildman–Crippen MR) is 105 cm³/mol. The minimum atomic E-state index is -0.00953. The number of nitrogens with one attached hydrogen (secondary N) is 2. The highest BCUT2D eigenvalue weighted by Gasteiger charge is 2.22. The van der Waals surface area contributed by atoms with Gasteiger partial charge in [0.2, 0.25) is 0 Å². The van der Waals surface area contributed by atoms with Crippen molar-refractivity contribution in [1.82, 2.24) is 10.6 Å². The topological polar surface area (TPSA) is 44.4 Å². The zero-order valence-corrected chi connectivity index (χ0v) is 16.0. The predicted octanol–water partition coefficient (Wildman–Crippen LogP) is 3.66. The van der Waals surface area contributed by atoms with Crippen LogP contribution in [0.15, 0.2) is 24.3 Å². The first-order valence-electron chi connectivity index (χ1n) is 8.92. The Balaban J connectivity index is 1.62. The molecule has 1 aromatic rings. The summed E-state index contributed by atoms with van der Waals surface area (Å²) in [6, 6.07) is 8.95. The molecule has 1 saturated carbocycles. The van der Waals surface area contributed by atoms with Gasteiger partial charge >= 0.3 is 6.03 Å². The van der Waals surface area contributed by atoms with Crippen LogP contribution in [0, 0.1) is 0 Å². The number of aryl methyl sites for hydroxylation is 1. The Bertz CT molecular complexity index is 504. The van der Waals surface area contributed by atoms with Crippen molar-refractivity contribution in [2.45, 2.75) is 49.8 Å². The summed E-state index contributed by atoms with van der Waals surface area (Å²) in [5.41, 5.74) is 2.53. The molecule has 0 radical (unpaired) electrons. The summed E-state index contributed by atoms with van der Waals surface area (Å²) in [7, 11) is 4.09. The molecule has 24 heavy (non-hydrogen) atoms. The lowest BCUT2D eigenvalue weighted by molar-refractivity contribution is 0.233. The minimum Gasteiger partial charge on any atom is -0.378 e. The fourth-order valence-corrected chi connectivity index (χ4v) is 4.01. The molecule has 0 spiro atoms. The van der Waals surface area contributed by atoms with Gasteiger partial charge in [0.25, 0.3) is 0 Å². The van der Waals surface area contributed by atoms with Gasteiger partial charge in [-0.3, -0.25) is 0 Å². The molecular formula is C19H31N3OS. The summed E-state index contributed by atoms with van der Waals surface area (Å²) in [5.74, 6) is 0. The average molecular weight is 350 g/mol. The lowest BCUT2D eigenvalue weighted by Crippen LogP contribution is -2.44. The second kappa shape index (κ2) is 9.82. The molecule has 0 aromatic heterocycles. The number of rotatable bonds is 7. The van der Waals surface area contributed by atoms with E-state index in [-0.39, 0.29) is 6.03 Å². The van der Waals surface area contributed by atoms with Crippen molar-refractivity contribution in [1.29, 1.82) is 0 Å². The van der Waals surface area contributed by atoms with Crippen molar-refractivity contribution >= 4 is 23.5 Å². The van der Waals surface area contributed by atoms with Crippen molar-refractivity contribution in [3.63, 3.8) is 0 Å². The third-order valence-corrected chi connectivity index (χ3v) is 5.77. The molecule has 4 nitrogen and oxygen atoms in total. The molecule has 2 N–H and O–H groups in total. The van der Waals surface area contributed by atoms with Gasteiger partial charge in [-0.05, 0) is 56.1 Å². The smallest absolute Gasteiger partial charge is 0.315 e. The van der Waals surface area contributed by atoms with Crippen LogP contribution in [0.25, 0.3) is 0 Å². The number of carbonyl (C=O) groups excluding carboxylic acids is 1. The Morgan fingerprint density at radius 1 is 1.25 bits per heavy atom. The molecule has 1 aromatic carbocycles. The monoisotopic (exact) mass is 349 g/mol. The second-order valence-corrected chi connectivity index (χ2v) is 7.92. The lowest BCUT2D eigenvalue weighted by Gasteiger charge is -2.28. The summed E-state index contributed by atoms with van der Waals surface area (Å²) < 4.78 is 0. The number of anilines is 1. The van der Waals surface area contributed by atoms with E-state index < -0.39 is 0 Å². The highest BCUT2D eigenvalue weighted by atomic mass is 32.2. The van der Waals surface area contributed by atoms with Gasteiger partial charge in [0.05, 0.1) is 0 Å². The molecule has 2 rings (SSSR count). The summed E-state index contributed by atoms with van der Waals surface area (Å²) >= 11 is 1.92. The Kier molecular flexibility index (Phi) is 7.76. The number of carbonyl (C=O) groups is 1. The number of thioether (sulfide) groups is 1. The molecule has 5 heteroatoms. The number of hydrogen-bond acceptors (Lipinski definition) is 3. The van der Waals surface area contributed by atoms with Crippen LogP contribution < -0.4 is 15.5 Å². The summed E-state index contributed by atoms with van der Waals surface area (Å²) in [6.07, 6.45) is 8.85. The van der Waals surface area contributed by atoms with Crippen LogP contribution in [0.5, 0.6) is 0 Å². The van der Waals surface area contributed by atoms with E-state index in [0.717, 1.165) is 32.2 Å². The van der Waals surface area contributed by atoms with E-state index in [2.05, 4.69) is 46.1 Å². The Hall–Kier alpha value is -1.36. The van der Waals surface area contributed by atoms with Gasteiger partial charge in [0.15, 0.2) is 0 Å². The third kappa shape index (κ3) is 6.27. The van der Waals surface area contributed by atoms with Gasteiger partial charge in [-0.25, -0.2) is 4.79 Å². The Labute approximate surface area is 150 Å². The van der Waals surface area contributed by atoms with Gasteiger partial charge in [0, 0.05) is 37.6 Å². The molecule has 2 unspecified atom stereocenters. The summed E-state index contributed by atoms with van der Waals surface area (Å²) in [5, 5.41) is 6.83. The van der Waals surface area contributed by atoms with Crippen molar-refractivity contribution in [2.75, 3.05) is 31.8 Å². The van der Waals surface area contributed by atoms with Gasteiger partial charge in [0.1, 0.15) is 0 Å². The van der Waals surface area contributed by atoms with Gasteiger partial charge < -0.3 is 15.5 Å². The van der Waals surface area contributed by atoms with E-state index in [1.54, 1.807) is 0 Å². The normalized spacial score (nSPS) is 20.5. The fraction of sp³-hybridized carbons (Fsp3) is 0.632. The maximum atomic E-state index is 12.0. The van der Waals surface area contributed by atoms with Gasteiger partial charge in [-0.1, -0.05) is 18.6 Å². The highest BCUT2D eigenvalue weighted by molar-refractivity contribution is 7.99.